The second-order valence-corrected chi connectivity index (χ2v) is 21.4. The zero-order valence-electron chi connectivity index (χ0n) is 34.4. The molecule has 0 radical (unpaired) electrons. The monoisotopic (exact) mass is 1010 g/mol. The van der Waals surface area contributed by atoms with E-state index in [4.69, 9.17) is 21.1 Å². The molecule has 7 rings (SSSR count). The van der Waals surface area contributed by atoms with Crippen LogP contribution in [-0.2, 0) is 20.0 Å². The van der Waals surface area contributed by atoms with Crippen LogP contribution in [0.4, 0.5) is 22.7 Å². The molecule has 12 nitrogen and oxygen atoms in total. The zero-order valence-corrected chi connectivity index (χ0v) is 39.8. The largest absolute Gasteiger partial charge is 0.495 e. The van der Waals surface area contributed by atoms with Crippen LogP contribution in [-0.4, -0.2) is 80.9 Å². The third-order valence-corrected chi connectivity index (χ3v) is 14.7. The summed E-state index contributed by atoms with van der Waals surface area (Å²) in [6, 6.07) is 29.7. The van der Waals surface area contributed by atoms with Crippen molar-refractivity contribution in [3.63, 3.8) is 0 Å². The molecule has 17 heteroatoms. The van der Waals surface area contributed by atoms with Crippen LogP contribution < -0.4 is 39.4 Å². The number of benzene rings is 4. The number of anilines is 4. The predicted molar refractivity (Wildman–Crippen MR) is 255 cm³/mol. The van der Waals surface area contributed by atoms with Crippen LogP contribution in [0.1, 0.15) is 34.6 Å². The first-order valence-corrected chi connectivity index (χ1v) is 24.9. The third kappa shape index (κ3) is 11.8. The van der Waals surface area contributed by atoms with E-state index in [0.717, 1.165) is 57.3 Å². The first kappa shape index (κ1) is 45.7. The van der Waals surface area contributed by atoms with Gasteiger partial charge in [-0.2, -0.15) is 0 Å². The molecular formula is C43H52ClIN6O6S3. The normalized spacial score (nSPS) is 19.5. The average molecular weight is 1010 g/mol. The van der Waals surface area contributed by atoms with Crippen molar-refractivity contribution in [3.8, 4) is 21.9 Å². The molecular weight excluding hydrogens is 955 g/mol. The number of rotatable bonds is 12. The minimum absolute atomic E-state index is 0.181. The highest BCUT2D eigenvalue weighted by Gasteiger charge is 2.26. The summed E-state index contributed by atoms with van der Waals surface area (Å²) >= 11 is 9.62. The van der Waals surface area contributed by atoms with E-state index in [1.807, 2.05) is 43.3 Å². The molecule has 4 N–H and O–H groups in total. The van der Waals surface area contributed by atoms with E-state index in [1.54, 1.807) is 60.7 Å². The van der Waals surface area contributed by atoms with Gasteiger partial charge in [-0.1, -0.05) is 23.7 Å². The highest BCUT2D eigenvalue weighted by molar-refractivity contribution is 14.1. The molecule has 60 heavy (non-hydrogen) atoms. The van der Waals surface area contributed by atoms with Gasteiger partial charge in [-0.25, -0.2) is 16.8 Å². The average Bonchev–Trinajstić information content (AvgIpc) is 3.64. The predicted octanol–water partition coefficient (Wildman–Crippen LogP) is 8.74. The van der Waals surface area contributed by atoms with E-state index in [-0.39, 0.29) is 9.79 Å². The van der Waals surface area contributed by atoms with Gasteiger partial charge in [0.1, 0.15) is 11.5 Å². The fourth-order valence-electron chi connectivity index (χ4n) is 7.44. The lowest BCUT2D eigenvalue weighted by Crippen LogP contribution is -2.54. The number of ether oxygens (including phenoxy) is 2. The topological polar surface area (TPSA) is 141 Å². The standard InChI is InChI=1S/C23H26ClN3O3S2.C20H26IN3O3S/c1-15-13-27(14-16(2)25-15)18-6-9-21(30-3)20(12-18)26-32(28,29)19-7-4-17(5-8-19)22-10-11-23(24)31-22;1-4-27-20-10-7-17(11-19(20)24-12-14(2)22-15(3)13-24)23-28(25,26)18-8-5-16(21)6-9-18/h4-12,15-16,25-26H,13-14H2,1-3H3;5-11,14-15,22-23H,4,12-13H2,1-3H3/t15-,16+;14-,15+. The van der Waals surface area contributed by atoms with Gasteiger partial charge in [-0.15, -0.1) is 11.3 Å². The van der Waals surface area contributed by atoms with Crippen molar-refractivity contribution in [2.24, 2.45) is 0 Å². The van der Waals surface area contributed by atoms with Crippen LogP contribution in [0.15, 0.2) is 107 Å². The summed E-state index contributed by atoms with van der Waals surface area (Å²) in [5.41, 5.74) is 3.72. The first-order chi connectivity index (χ1) is 28.5. The minimum atomic E-state index is -3.79. The first-order valence-electron chi connectivity index (χ1n) is 19.7. The van der Waals surface area contributed by atoms with Crippen LogP contribution in [0.3, 0.4) is 0 Å². The van der Waals surface area contributed by atoms with Gasteiger partial charge in [-0.05, 0) is 148 Å². The van der Waals surface area contributed by atoms with Gasteiger partial charge in [0.15, 0.2) is 0 Å². The van der Waals surface area contributed by atoms with Crippen LogP contribution in [0.2, 0.25) is 4.34 Å². The Bertz CT molecular complexity index is 2440. The van der Waals surface area contributed by atoms with Crippen LogP contribution in [0, 0.1) is 3.57 Å². The van der Waals surface area contributed by atoms with Crippen molar-refractivity contribution in [2.45, 2.75) is 68.6 Å². The number of piperazine rings is 2. The second kappa shape index (κ2) is 19.9. The molecule has 0 aliphatic carbocycles. The molecule has 0 bridgehead atoms. The Labute approximate surface area is 377 Å². The van der Waals surface area contributed by atoms with E-state index in [9.17, 15) is 16.8 Å². The fraction of sp³-hybridized carbons (Fsp3) is 0.349. The Morgan fingerprint density at radius 3 is 1.82 bits per heavy atom. The van der Waals surface area contributed by atoms with E-state index in [0.29, 0.717) is 52.2 Å². The van der Waals surface area contributed by atoms with Gasteiger partial charge in [0.2, 0.25) is 0 Å². The number of methoxy groups -OCH3 is 1. The molecule has 2 saturated heterocycles. The van der Waals surface area contributed by atoms with Gasteiger partial charge in [0.05, 0.1) is 44.9 Å². The van der Waals surface area contributed by atoms with E-state index in [1.165, 1.54) is 18.4 Å². The Kier molecular flexibility index (Phi) is 15.2. The number of nitrogens with zero attached hydrogens (tertiary/aromatic N) is 2. The number of thiophene rings is 1. The molecule has 2 aliphatic heterocycles. The maximum Gasteiger partial charge on any atom is 0.262 e. The lowest BCUT2D eigenvalue weighted by Gasteiger charge is -2.38. The molecule has 0 amide bonds. The fourth-order valence-corrected chi connectivity index (χ4v) is 11.0. The van der Waals surface area contributed by atoms with Crippen molar-refractivity contribution < 1.29 is 26.3 Å². The molecule has 3 heterocycles. The van der Waals surface area contributed by atoms with Crippen molar-refractivity contribution in [1.82, 2.24) is 10.6 Å². The molecule has 2 fully saturated rings. The van der Waals surface area contributed by atoms with Gasteiger partial charge >= 0.3 is 0 Å². The quantitative estimate of drug-likeness (QED) is 0.0898. The zero-order chi connectivity index (χ0) is 43.2. The van der Waals surface area contributed by atoms with E-state index < -0.39 is 20.0 Å². The summed E-state index contributed by atoms with van der Waals surface area (Å²) in [5.74, 6) is 1.24. The summed E-state index contributed by atoms with van der Waals surface area (Å²) in [4.78, 5) is 5.91. The van der Waals surface area contributed by atoms with Gasteiger partial charge in [-0.3, -0.25) is 9.44 Å². The van der Waals surface area contributed by atoms with E-state index >= 15 is 0 Å². The summed E-state index contributed by atoms with van der Waals surface area (Å²) < 4.78 is 70.0. The lowest BCUT2D eigenvalue weighted by atomic mass is 10.1. The summed E-state index contributed by atoms with van der Waals surface area (Å²) in [5, 5.41) is 7.02. The molecule has 4 aromatic carbocycles. The van der Waals surface area contributed by atoms with Gasteiger partial charge in [0.25, 0.3) is 20.0 Å². The number of sulfonamides is 2. The highest BCUT2D eigenvalue weighted by atomic mass is 127. The Morgan fingerprint density at radius 2 is 1.27 bits per heavy atom. The number of halogens is 2. The summed E-state index contributed by atoms with van der Waals surface area (Å²) in [6.45, 7) is 14.4. The van der Waals surface area contributed by atoms with Crippen molar-refractivity contribution in [1.29, 1.82) is 0 Å². The van der Waals surface area contributed by atoms with Crippen LogP contribution in [0.5, 0.6) is 11.5 Å². The molecule has 0 spiro atoms. The Morgan fingerprint density at radius 1 is 0.717 bits per heavy atom. The number of hydrogen-bond donors (Lipinski definition) is 4. The van der Waals surface area contributed by atoms with Crippen LogP contribution >= 0.6 is 45.5 Å². The van der Waals surface area contributed by atoms with Crippen molar-refractivity contribution >= 4 is 88.3 Å². The highest BCUT2D eigenvalue weighted by Crippen LogP contribution is 2.36. The molecule has 4 atom stereocenters. The summed E-state index contributed by atoms with van der Waals surface area (Å²) in [6.07, 6.45) is 0. The molecule has 0 unspecified atom stereocenters. The molecule has 322 valence electrons. The number of hydrogen-bond acceptors (Lipinski definition) is 11. The Hall–Kier alpha value is -3.78. The molecule has 2 aliphatic rings. The lowest BCUT2D eigenvalue weighted by molar-refractivity contribution is 0.337. The SMILES string of the molecule is CCOc1ccc(NS(=O)(=O)c2ccc(I)cc2)cc1N1C[C@@H](C)N[C@@H](C)C1.COc1ccc(N2C[C@@H](C)N[C@@H](C)C2)cc1NS(=O)(=O)c1ccc(-c2ccc(Cl)s2)cc1. The van der Waals surface area contributed by atoms with Gasteiger partial charge in [0, 0.05) is 64.5 Å². The van der Waals surface area contributed by atoms with Crippen molar-refractivity contribution in [3.05, 3.63) is 105 Å². The minimum Gasteiger partial charge on any atom is -0.495 e. The second-order valence-electron chi connectivity index (χ2n) is 15.0. The van der Waals surface area contributed by atoms with E-state index in [2.05, 4.69) is 80.2 Å². The molecule has 1 aromatic heterocycles. The van der Waals surface area contributed by atoms with Gasteiger partial charge < -0.3 is 29.9 Å². The third-order valence-electron chi connectivity index (χ3n) is 9.91. The smallest absolute Gasteiger partial charge is 0.262 e. The van der Waals surface area contributed by atoms with Crippen molar-refractivity contribution in [2.75, 3.05) is 59.1 Å². The summed E-state index contributed by atoms with van der Waals surface area (Å²) in [7, 11) is -5.91. The Balaban J connectivity index is 0.000000203. The molecule has 0 saturated carbocycles. The number of nitrogens with one attached hydrogen (secondary N) is 4. The molecule has 5 aromatic rings. The maximum atomic E-state index is 13.1. The van der Waals surface area contributed by atoms with Crippen LogP contribution in [0.25, 0.3) is 10.4 Å². The maximum absolute atomic E-state index is 13.1.